The summed E-state index contributed by atoms with van der Waals surface area (Å²) in [6.45, 7) is 2.02. The average Bonchev–Trinajstić information content (AvgIpc) is 3.13. The zero-order valence-electron chi connectivity index (χ0n) is 14.4. The second kappa shape index (κ2) is 9.21. The first kappa shape index (κ1) is 19.0. The van der Waals surface area contributed by atoms with Crippen molar-refractivity contribution in [2.24, 2.45) is 0 Å². The summed E-state index contributed by atoms with van der Waals surface area (Å²) < 4.78 is 6.79. The van der Waals surface area contributed by atoms with Crippen LogP contribution in [0.4, 0.5) is 0 Å². The number of halogens is 1. The monoisotopic (exact) mass is 398 g/mol. The maximum absolute atomic E-state index is 11.8. The zero-order valence-corrected chi connectivity index (χ0v) is 16.0. The molecule has 0 aliphatic carbocycles. The van der Waals surface area contributed by atoms with Crippen LogP contribution in [0.3, 0.4) is 0 Å². The number of aromatic nitrogens is 4. The predicted molar refractivity (Wildman–Crippen MR) is 104 cm³/mol. The smallest absolute Gasteiger partial charge is 0.339 e. The van der Waals surface area contributed by atoms with Crippen LogP contribution >= 0.6 is 23.4 Å². The van der Waals surface area contributed by atoms with E-state index in [2.05, 4.69) is 27.4 Å². The summed E-state index contributed by atoms with van der Waals surface area (Å²) >= 11 is 7.20. The summed E-state index contributed by atoms with van der Waals surface area (Å²) in [5.41, 5.74) is 2.44. The van der Waals surface area contributed by atoms with Crippen LogP contribution in [-0.2, 0) is 4.74 Å². The summed E-state index contributed by atoms with van der Waals surface area (Å²) in [6, 6.07) is 14.4. The molecule has 1 aromatic heterocycles. The first-order chi connectivity index (χ1) is 13.1. The molecule has 0 radical (unpaired) electrons. The largest absolute Gasteiger partial charge is 0.449 e. The van der Waals surface area contributed by atoms with Crippen molar-refractivity contribution in [3.8, 4) is 17.5 Å². The number of carbonyl (C=O) groups is 1. The van der Waals surface area contributed by atoms with E-state index in [-0.39, 0.29) is 6.61 Å². The minimum Gasteiger partial charge on any atom is -0.449 e. The second-order valence-electron chi connectivity index (χ2n) is 5.39. The molecule has 0 bridgehead atoms. The molecule has 3 aromatic rings. The van der Waals surface area contributed by atoms with Gasteiger partial charge in [0, 0.05) is 5.02 Å². The third-order valence-corrected chi connectivity index (χ3v) is 4.59. The van der Waals surface area contributed by atoms with E-state index < -0.39 is 5.97 Å². The Kier molecular flexibility index (Phi) is 6.47. The highest BCUT2D eigenvalue weighted by Gasteiger charge is 2.10. The number of tetrazole rings is 1. The van der Waals surface area contributed by atoms with Crippen LogP contribution in [0.5, 0.6) is 0 Å². The number of aryl methyl sites for hydroxylation is 1. The molecule has 6 nitrogen and oxygen atoms in total. The van der Waals surface area contributed by atoms with E-state index >= 15 is 0 Å². The van der Waals surface area contributed by atoms with Gasteiger partial charge in [-0.2, -0.15) is 4.68 Å². The fourth-order valence-electron chi connectivity index (χ4n) is 2.19. The lowest BCUT2D eigenvalue weighted by molar-refractivity contribution is 0.0556. The predicted octanol–water partition coefficient (Wildman–Crippen LogP) is 3.58. The van der Waals surface area contributed by atoms with Gasteiger partial charge < -0.3 is 4.74 Å². The Hall–Kier alpha value is -2.82. The minimum atomic E-state index is -0.433. The topological polar surface area (TPSA) is 69.9 Å². The molecule has 8 heteroatoms. The fraction of sp³-hybridized carbons (Fsp3) is 0.158. The van der Waals surface area contributed by atoms with Gasteiger partial charge in [0.2, 0.25) is 5.16 Å². The summed E-state index contributed by atoms with van der Waals surface area (Å²) in [5, 5.41) is 13.0. The van der Waals surface area contributed by atoms with E-state index in [0.717, 1.165) is 11.3 Å². The standard InChI is InChI=1S/C19H15ClN4O2S/c1-14-6-2-3-7-17(14)24-19(21-22-23-24)27-13-5-4-12-26-18(25)15-8-10-16(20)11-9-15/h2-3,6-11H,12-13H2,1H3. The number of hydrogen-bond donors (Lipinski definition) is 0. The van der Waals surface area contributed by atoms with Crippen LogP contribution in [0.25, 0.3) is 5.69 Å². The molecule has 0 saturated heterocycles. The lowest BCUT2D eigenvalue weighted by Crippen LogP contribution is -2.05. The van der Waals surface area contributed by atoms with Crippen LogP contribution in [-0.4, -0.2) is 38.5 Å². The van der Waals surface area contributed by atoms with E-state index in [4.69, 9.17) is 16.3 Å². The van der Waals surface area contributed by atoms with Gasteiger partial charge in [0.25, 0.3) is 0 Å². The van der Waals surface area contributed by atoms with Crippen molar-refractivity contribution in [1.29, 1.82) is 0 Å². The van der Waals surface area contributed by atoms with Gasteiger partial charge in [0.1, 0.15) is 0 Å². The number of benzene rings is 2. The molecule has 1 heterocycles. The van der Waals surface area contributed by atoms with Gasteiger partial charge >= 0.3 is 5.97 Å². The summed E-state index contributed by atoms with van der Waals surface area (Å²) in [5.74, 6) is 5.80. The number of ether oxygens (including phenoxy) is 1. The van der Waals surface area contributed by atoms with E-state index in [1.54, 1.807) is 28.9 Å². The van der Waals surface area contributed by atoms with Crippen LogP contribution in [0, 0.1) is 18.8 Å². The van der Waals surface area contributed by atoms with Crippen LogP contribution in [0.2, 0.25) is 5.02 Å². The van der Waals surface area contributed by atoms with E-state index in [0.29, 0.717) is 21.5 Å². The molecule has 2 aromatic carbocycles. The van der Waals surface area contributed by atoms with Gasteiger partial charge in [-0.1, -0.05) is 53.4 Å². The molecule has 0 atom stereocenters. The molecule has 0 fully saturated rings. The fourth-order valence-corrected chi connectivity index (χ4v) is 2.98. The summed E-state index contributed by atoms with van der Waals surface area (Å²) in [6.07, 6.45) is 0. The van der Waals surface area contributed by atoms with Crippen molar-refractivity contribution in [3.05, 3.63) is 64.7 Å². The highest BCUT2D eigenvalue weighted by atomic mass is 35.5. The molecular weight excluding hydrogens is 384 g/mol. The molecule has 0 amide bonds. The third kappa shape index (κ3) is 5.09. The molecule has 0 saturated carbocycles. The Balaban J connectivity index is 1.50. The first-order valence-corrected chi connectivity index (χ1v) is 9.37. The molecule has 3 rings (SSSR count). The number of carbonyl (C=O) groups excluding carboxylic acids is 1. The van der Waals surface area contributed by atoms with Crippen molar-refractivity contribution in [3.63, 3.8) is 0 Å². The Morgan fingerprint density at radius 2 is 1.96 bits per heavy atom. The summed E-state index contributed by atoms with van der Waals surface area (Å²) in [7, 11) is 0. The number of hydrogen-bond acceptors (Lipinski definition) is 6. The number of rotatable bonds is 5. The quantitative estimate of drug-likeness (QED) is 0.371. The highest BCUT2D eigenvalue weighted by molar-refractivity contribution is 7.99. The SMILES string of the molecule is Cc1ccccc1-n1nnnc1SCC#CCOC(=O)c1ccc(Cl)cc1. The van der Waals surface area contributed by atoms with Crippen molar-refractivity contribution >= 4 is 29.3 Å². The molecular formula is C19H15ClN4O2S. The van der Waals surface area contributed by atoms with Gasteiger partial charge in [0.05, 0.1) is 17.0 Å². The molecule has 0 unspecified atom stereocenters. The minimum absolute atomic E-state index is 0.0186. The Bertz CT molecular complexity index is 993. The Morgan fingerprint density at radius 1 is 1.19 bits per heavy atom. The van der Waals surface area contributed by atoms with Crippen LogP contribution < -0.4 is 0 Å². The zero-order chi connectivity index (χ0) is 19.1. The average molecular weight is 399 g/mol. The Morgan fingerprint density at radius 3 is 2.74 bits per heavy atom. The van der Waals surface area contributed by atoms with Crippen molar-refractivity contribution in [2.75, 3.05) is 12.4 Å². The molecule has 136 valence electrons. The number of thioether (sulfide) groups is 1. The highest BCUT2D eigenvalue weighted by Crippen LogP contribution is 2.19. The molecule has 0 aliphatic rings. The normalized spacial score (nSPS) is 10.1. The van der Waals surface area contributed by atoms with Crippen molar-refractivity contribution in [1.82, 2.24) is 20.2 Å². The number of esters is 1. The number of nitrogens with zero attached hydrogens (tertiary/aromatic N) is 4. The maximum Gasteiger partial charge on any atom is 0.339 e. The maximum atomic E-state index is 11.8. The molecule has 0 spiro atoms. The lowest BCUT2D eigenvalue weighted by Gasteiger charge is -2.05. The van der Waals surface area contributed by atoms with Gasteiger partial charge in [-0.25, -0.2) is 4.79 Å². The van der Waals surface area contributed by atoms with E-state index in [9.17, 15) is 4.79 Å². The van der Waals surface area contributed by atoms with Crippen LogP contribution in [0.1, 0.15) is 15.9 Å². The van der Waals surface area contributed by atoms with Crippen molar-refractivity contribution in [2.45, 2.75) is 12.1 Å². The Labute approximate surface area is 165 Å². The molecule has 27 heavy (non-hydrogen) atoms. The van der Waals surface area contributed by atoms with E-state index in [1.165, 1.54) is 11.8 Å². The van der Waals surface area contributed by atoms with Gasteiger partial charge in [-0.3, -0.25) is 0 Å². The van der Waals surface area contributed by atoms with Gasteiger partial charge in [0.15, 0.2) is 6.61 Å². The number of para-hydroxylation sites is 1. The lowest BCUT2D eigenvalue weighted by atomic mass is 10.2. The molecule has 0 N–H and O–H groups in total. The first-order valence-electron chi connectivity index (χ1n) is 8.01. The van der Waals surface area contributed by atoms with E-state index in [1.807, 2.05) is 31.2 Å². The second-order valence-corrected chi connectivity index (χ2v) is 6.76. The van der Waals surface area contributed by atoms with Crippen molar-refractivity contribution < 1.29 is 9.53 Å². The molecule has 0 aliphatic heterocycles. The van der Waals surface area contributed by atoms with Crippen LogP contribution in [0.15, 0.2) is 53.7 Å². The van der Waals surface area contributed by atoms with Gasteiger partial charge in [-0.05, 0) is 53.2 Å². The third-order valence-electron chi connectivity index (χ3n) is 3.54. The van der Waals surface area contributed by atoms with Gasteiger partial charge in [-0.15, -0.1) is 5.10 Å². The summed E-state index contributed by atoms with van der Waals surface area (Å²) in [4.78, 5) is 11.8.